The van der Waals surface area contributed by atoms with Crippen LogP contribution in [0.1, 0.15) is 11.4 Å². The molecule has 33 heavy (non-hydrogen) atoms. The fraction of sp³-hybridized carbons (Fsp3) is 0.0769. The molecule has 0 saturated heterocycles. The molecule has 7 nitrogen and oxygen atoms in total. The van der Waals surface area contributed by atoms with Crippen molar-refractivity contribution in [2.24, 2.45) is 0 Å². The fourth-order valence-electron chi connectivity index (χ4n) is 4.11. The lowest BCUT2D eigenvalue weighted by molar-refractivity contribution is 0.980. The molecule has 0 atom stereocenters. The zero-order valence-corrected chi connectivity index (χ0v) is 18.1. The van der Waals surface area contributed by atoms with E-state index < -0.39 is 0 Å². The molecule has 0 fully saturated rings. The van der Waals surface area contributed by atoms with Gasteiger partial charge in [0, 0.05) is 23.2 Å². The van der Waals surface area contributed by atoms with Gasteiger partial charge in [0.15, 0.2) is 0 Å². The summed E-state index contributed by atoms with van der Waals surface area (Å²) >= 11 is 0. The zero-order valence-electron chi connectivity index (χ0n) is 18.1. The smallest absolute Gasteiger partial charge is 0.235 e. The van der Waals surface area contributed by atoms with Crippen LogP contribution in [0.2, 0.25) is 0 Å². The summed E-state index contributed by atoms with van der Waals surface area (Å²) in [4.78, 5) is 27.8. The van der Waals surface area contributed by atoms with E-state index in [4.69, 9.17) is 9.97 Å². The molecule has 6 rings (SSSR count). The van der Waals surface area contributed by atoms with Gasteiger partial charge in [-0.25, -0.2) is 19.9 Å². The summed E-state index contributed by atoms with van der Waals surface area (Å²) in [6, 6.07) is 18.5. The lowest BCUT2D eigenvalue weighted by Crippen LogP contribution is -2.05. The number of fused-ring (bicyclic) bond motifs is 3. The minimum absolute atomic E-state index is 0.548. The van der Waals surface area contributed by atoms with Crippen LogP contribution in [-0.4, -0.2) is 34.5 Å². The van der Waals surface area contributed by atoms with E-state index >= 15 is 0 Å². The van der Waals surface area contributed by atoms with E-state index in [0.29, 0.717) is 28.7 Å². The van der Waals surface area contributed by atoms with Gasteiger partial charge in [0.25, 0.3) is 0 Å². The second kappa shape index (κ2) is 7.56. The first-order chi connectivity index (χ1) is 16.2. The number of rotatable bonds is 3. The molecule has 0 N–H and O–H groups in total. The molecule has 0 radical (unpaired) electrons. The molecule has 0 aliphatic heterocycles. The first kappa shape index (κ1) is 19.2. The highest BCUT2D eigenvalue weighted by Gasteiger charge is 2.17. The average molecular weight is 429 g/mol. The molecule has 0 spiro atoms. The minimum atomic E-state index is 0.548. The van der Waals surface area contributed by atoms with Crippen molar-refractivity contribution in [2.75, 3.05) is 0 Å². The predicted molar refractivity (Wildman–Crippen MR) is 128 cm³/mol. The Balaban J connectivity index is 1.69. The van der Waals surface area contributed by atoms with E-state index in [0.717, 1.165) is 33.2 Å². The lowest BCUT2D eigenvalue weighted by atomic mass is 10.2. The van der Waals surface area contributed by atoms with Crippen molar-refractivity contribution in [1.82, 2.24) is 34.5 Å². The Bertz CT molecular complexity index is 1540. The van der Waals surface area contributed by atoms with Crippen LogP contribution in [0.25, 0.3) is 50.5 Å². The molecule has 6 aromatic rings. The van der Waals surface area contributed by atoms with Gasteiger partial charge in [0.1, 0.15) is 11.4 Å². The van der Waals surface area contributed by atoms with Crippen molar-refractivity contribution in [3.8, 4) is 28.7 Å². The summed E-state index contributed by atoms with van der Waals surface area (Å²) < 4.78 is 2.09. The number of aromatic nitrogens is 7. The third-order valence-corrected chi connectivity index (χ3v) is 5.53. The maximum absolute atomic E-state index is 4.94. The Hall–Kier alpha value is -4.52. The van der Waals surface area contributed by atoms with E-state index in [1.807, 2.05) is 44.2 Å². The standard InChI is InChI=1S/C26H19N7/c1-16-12-27-14-22(29-16)20-11-21(23-15-28-13-17(2)30-23)32-26(31-20)33-24-9-5-3-7-18(24)19-8-4-6-10-25(19)33/h3-15H,1-2H3. The Kier molecular flexibility index (Phi) is 4.40. The van der Waals surface area contributed by atoms with Crippen molar-refractivity contribution >= 4 is 21.8 Å². The molecule has 0 bridgehead atoms. The molecule has 0 unspecified atom stereocenters. The topological polar surface area (TPSA) is 82.3 Å². The Labute approximate surface area is 189 Å². The van der Waals surface area contributed by atoms with Crippen LogP contribution in [0.3, 0.4) is 0 Å². The number of hydrogen-bond donors (Lipinski definition) is 0. The Morgan fingerprint density at radius 3 is 1.52 bits per heavy atom. The average Bonchev–Trinajstić information content (AvgIpc) is 3.18. The van der Waals surface area contributed by atoms with Gasteiger partial charge >= 0.3 is 0 Å². The number of aryl methyl sites for hydroxylation is 2. The lowest BCUT2D eigenvalue weighted by Gasteiger charge is -2.11. The molecule has 0 amide bonds. The van der Waals surface area contributed by atoms with Crippen molar-refractivity contribution in [3.05, 3.63) is 90.8 Å². The van der Waals surface area contributed by atoms with Gasteiger partial charge < -0.3 is 0 Å². The van der Waals surface area contributed by atoms with Crippen LogP contribution in [0.4, 0.5) is 0 Å². The predicted octanol–water partition coefficient (Wildman–Crippen LogP) is 5.10. The van der Waals surface area contributed by atoms with E-state index in [1.54, 1.807) is 24.8 Å². The largest absolute Gasteiger partial charge is 0.278 e. The number of benzene rings is 2. The summed E-state index contributed by atoms with van der Waals surface area (Å²) in [5.41, 5.74) is 6.43. The summed E-state index contributed by atoms with van der Waals surface area (Å²) in [5, 5.41) is 2.30. The number of para-hydroxylation sites is 2. The van der Waals surface area contributed by atoms with Crippen LogP contribution in [0, 0.1) is 13.8 Å². The van der Waals surface area contributed by atoms with E-state index in [2.05, 4.69) is 48.8 Å². The van der Waals surface area contributed by atoms with Crippen molar-refractivity contribution < 1.29 is 0 Å². The normalized spacial score (nSPS) is 11.3. The van der Waals surface area contributed by atoms with Gasteiger partial charge in [0.05, 0.1) is 46.2 Å². The molecule has 4 aromatic heterocycles. The van der Waals surface area contributed by atoms with Gasteiger partial charge in [0.2, 0.25) is 5.95 Å². The number of hydrogen-bond acceptors (Lipinski definition) is 6. The molecular formula is C26H19N7. The first-order valence-electron chi connectivity index (χ1n) is 10.6. The monoisotopic (exact) mass is 429 g/mol. The van der Waals surface area contributed by atoms with Crippen LogP contribution < -0.4 is 0 Å². The molecule has 0 saturated carbocycles. The van der Waals surface area contributed by atoms with Gasteiger partial charge in [-0.2, -0.15) is 0 Å². The highest BCUT2D eigenvalue weighted by Crippen LogP contribution is 2.32. The molecular weight excluding hydrogens is 410 g/mol. The Morgan fingerprint density at radius 1 is 0.545 bits per heavy atom. The summed E-state index contributed by atoms with van der Waals surface area (Å²) in [6.07, 6.45) is 6.89. The quantitative estimate of drug-likeness (QED) is 0.389. The van der Waals surface area contributed by atoms with Crippen molar-refractivity contribution in [3.63, 3.8) is 0 Å². The van der Waals surface area contributed by atoms with Crippen molar-refractivity contribution in [2.45, 2.75) is 13.8 Å². The first-order valence-corrected chi connectivity index (χ1v) is 10.6. The highest BCUT2D eigenvalue weighted by molar-refractivity contribution is 6.08. The van der Waals surface area contributed by atoms with Gasteiger partial charge in [-0.15, -0.1) is 0 Å². The van der Waals surface area contributed by atoms with Crippen LogP contribution in [-0.2, 0) is 0 Å². The summed E-state index contributed by atoms with van der Waals surface area (Å²) in [7, 11) is 0. The van der Waals surface area contributed by atoms with Crippen LogP contribution >= 0.6 is 0 Å². The third kappa shape index (κ3) is 3.30. The van der Waals surface area contributed by atoms with Crippen molar-refractivity contribution in [1.29, 1.82) is 0 Å². The molecule has 2 aromatic carbocycles. The second-order valence-electron chi connectivity index (χ2n) is 7.90. The third-order valence-electron chi connectivity index (χ3n) is 5.53. The maximum atomic E-state index is 4.94. The number of nitrogens with zero attached hydrogens (tertiary/aromatic N) is 7. The molecule has 7 heteroatoms. The SMILES string of the molecule is Cc1cncc(-c2cc(-c3cncc(C)n3)nc(-n3c4ccccc4c4ccccc43)n2)n1. The summed E-state index contributed by atoms with van der Waals surface area (Å²) in [5.74, 6) is 0.548. The van der Waals surface area contributed by atoms with Crippen LogP contribution in [0.5, 0.6) is 0 Å². The van der Waals surface area contributed by atoms with Gasteiger partial charge in [-0.05, 0) is 32.0 Å². The zero-order chi connectivity index (χ0) is 22.4. The van der Waals surface area contributed by atoms with Gasteiger partial charge in [-0.1, -0.05) is 36.4 Å². The highest BCUT2D eigenvalue weighted by atomic mass is 15.2. The maximum Gasteiger partial charge on any atom is 0.235 e. The Morgan fingerprint density at radius 2 is 1.03 bits per heavy atom. The molecule has 0 aliphatic rings. The fourth-order valence-corrected chi connectivity index (χ4v) is 4.11. The molecule has 4 heterocycles. The minimum Gasteiger partial charge on any atom is -0.278 e. The van der Waals surface area contributed by atoms with Gasteiger partial charge in [-0.3, -0.25) is 14.5 Å². The van der Waals surface area contributed by atoms with Crippen LogP contribution in [0.15, 0.2) is 79.4 Å². The second-order valence-corrected chi connectivity index (χ2v) is 7.90. The molecule has 0 aliphatic carbocycles. The van der Waals surface area contributed by atoms with E-state index in [1.165, 1.54) is 0 Å². The summed E-state index contributed by atoms with van der Waals surface area (Å²) in [6.45, 7) is 3.83. The molecule has 158 valence electrons. The van der Waals surface area contributed by atoms with E-state index in [-0.39, 0.29) is 0 Å². The van der Waals surface area contributed by atoms with E-state index in [9.17, 15) is 0 Å².